The van der Waals surface area contributed by atoms with Gasteiger partial charge in [0.2, 0.25) is 5.65 Å². The van der Waals surface area contributed by atoms with Crippen LogP contribution in [0, 0.1) is 6.92 Å². The topological polar surface area (TPSA) is 52.8 Å². The van der Waals surface area contributed by atoms with Crippen LogP contribution < -0.4 is 4.84 Å². The molecule has 68 valence electrons. The first-order valence-electron chi connectivity index (χ1n) is 4.12. The Bertz CT molecular complexity index is 423. The minimum atomic E-state index is 0.562. The lowest BCUT2D eigenvalue weighted by Gasteiger charge is -2.00. The maximum absolute atomic E-state index is 5.22. The van der Waals surface area contributed by atoms with E-state index in [1.807, 2.05) is 19.9 Å². The largest absolute Gasteiger partial charge is 0.395 e. The summed E-state index contributed by atoms with van der Waals surface area (Å²) in [6.45, 7) is 4.43. The second-order valence-electron chi connectivity index (χ2n) is 2.74. The van der Waals surface area contributed by atoms with E-state index < -0.39 is 0 Å². The van der Waals surface area contributed by atoms with Gasteiger partial charge in [0.25, 0.3) is 0 Å². The van der Waals surface area contributed by atoms with Crippen molar-refractivity contribution in [3.8, 4) is 0 Å². The van der Waals surface area contributed by atoms with Gasteiger partial charge in [-0.2, -0.15) is 0 Å². The number of rotatable bonds is 2. The highest BCUT2D eigenvalue weighted by Gasteiger charge is 2.05. The normalized spacial score (nSPS) is 10.6. The van der Waals surface area contributed by atoms with Gasteiger partial charge in [0.15, 0.2) is 0 Å². The van der Waals surface area contributed by atoms with E-state index in [0.29, 0.717) is 12.3 Å². The molecule has 0 aliphatic carbocycles. The van der Waals surface area contributed by atoms with Crippen LogP contribution in [0.25, 0.3) is 11.2 Å². The van der Waals surface area contributed by atoms with Crippen LogP contribution in [0.5, 0.6) is 0 Å². The fourth-order valence-electron chi connectivity index (χ4n) is 1.11. The molecular weight excluding hydrogens is 168 g/mol. The van der Waals surface area contributed by atoms with Crippen LogP contribution in [-0.4, -0.2) is 26.7 Å². The average Bonchev–Trinajstić information content (AvgIpc) is 2.49. The molecule has 0 spiro atoms. The minimum absolute atomic E-state index is 0.562. The zero-order chi connectivity index (χ0) is 9.26. The van der Waals surface area contributed by atoms with Gasteiger partial charge in [-0.15, -0.1) is 5.10 Å². The lowest BCUT2D eigenvalue weighted by molar-refractivity contribution is 0.0979. The van der Waals surface area contributed by atoms with Gasteiger partial charge in [-0.3, -0.25) is 0 Å². The molecule has 2 rings (SSSR count). The Morgan fingerprint density at radius 2 is 2.38 bits per heavy atom. The first-order valence-corrected chi connectivity index (χ1v) is 4.12. The average molecular weight is 178 g/mol. The van der Waals surface area contributed by atoms with E-state index in [1.54, 1.807) is 6.20 Å². The Morgan fingerprint density at radius 3 is 3.15 bits per heavy atom. The monoisotopic (exact) mass is 178 g/mol. The molecule has 0 unspecified atom stereocenters. The molecule has 13 heavy (non-hydrogen) atoms. The van der Waals surface area contributed by atoms with E-state index in [-0.39, 0.29) is 0 Å². The molecule has 0 atom stereocenters. The summed E-state index contributed by atoms with van der Waals surface area (Å²) in [6, 6.07) is 1.94. The lowest BCUT2D eigenvalue weighted by atomic mass is 10.3. The Balaban J connectivity index is 2.58. The van der Waals surface area contributed by atoms with Crippen molar-refractivity contribution < 1.29 is 4.84 Å². The van der Waals surface area contributed by atoms with Gasteiger partial charge in [-0.1, -0.05) is 4.85 Å². The number of aryl methyl sites for hydroxylation is 1. The van der Waals surface area contributed by atoms with Crippen molar-refractivity contribution in [1.29, 1.82) is 0 Å². The van der Waals surface area contributed by atoms with Crippen LogP contribution in [0.15, 0.2) is 12.3 Å². The Morgan fingerprint density at radius 1 is 1.54 bits per heavy atom. The zero-order valence-electron chi connectivity index (χ0n) is 7.56. The maximum Gasteiger partial charge on any atom is 0.205 e. The van der Waals surface area contributed by atoms with Gasteiger partial charge in [-0.25, -0.2) is 4.98 Å². The van der Waals surface area contributed by atoms with Crippen LogP contribution in [0.2, 0.25) is 0 Å². The molecule has 2 aromatic heterocycles. The summed E-state index contributed by atoms with van der Waals surface area (Å²) >= 11 is 0. The van der Waals surface area contributed by atoms with E-state index in [4.69, 9.17) is 4.84 Å². The maximum atomic E-state index is 5.22. The molecule has 0 fully saturated rings. The summed E-state index contributed by atoms with van der Waals surface area (Å²) in [7, 11) is 0. The van der Waals surface area contributed by atoms with E-state index >= 15 is 0 Å². The summed E-state index contributed by atoms with van der Waals surface area (Å²) in [6.07, 6.45) is 1.76. The molecular formula is C8H10N4O. The number of aromatic nitrogens is 4. The second kappa shape index (κ2) is 3.01. The minimum Gasteiger partial charge on any atom is -0.395 e. The van der Waals surface area contributed by atoms with Crippen molar-refractivity contribution in [2.45, 2.75) is 13.8 Å². The van der Waals surface area contributed by atoms with Crippen molar-refractivity contribution in [2.75, 3.05) is 6.61 Å². The summed E-state index contributed by atoms with van der Waals surface area (Å²) in [4.78, 5) is 10.7. The number of hydrogen-bond donors (Lipinski definition) is 0. The zero-order valence-corrected chi connectivity index (χ0v) is 7.56. The molecule has 0 aliphatic rings. The number of nitrogens with zero attached hydrogens (tertiary/aromatic N) is 4. The quantitative estimate of drug-likeness (QED) is 0.675. The SMILES string of the molecule is CCOn1nnc2ncc(C)cc21. The molecule has 0 saturated heterocycles. The van der Waals surface area contributed by atoms with Gasteiger partial charge in [0.05, 0.1) is 0 Å². The highest BCUT2D eigenvalue weighted by atomic mass is 16.7. The standard InChI is InChI=1S/C8H10N4O/c1-3-13-12-7-4-6(2)5-9-8(7)10-11-12/h4-5H,3H2,1-2H3. The summed E-state index contributed by atoms with van der Waals surface area (Å²) < 4.78 is 0. The fourth-order valence-corrected chi connectivity index (χ4v) is 1.11. The highest BCUT2D eigenvalue weighted by Crippen LogP contribution is 2.08. The van der Waals surface area contributed by atoms with E-state index in [1.165, 1.54) is 4.85 Å². The number of pyridine rings is 1. The van der Waals surface area contributed by atoms with Crippen LogP contribution in [-0.2, 0) is 0 Å². The molecule has 0 amide bonds. The lowest BCUT2D eigenvalue weighted by Crippen LogP contribution is -2.12. The summed E-state index contributed by atoms with van der Waals surface area (Å²) in [5.41, 5.74) is 2.48. The molecule has 5 heteroatoms. The fraction of sp³-hybridized carbons (Fsp3) is 0.375. The molecule has 0 bridgehead atoms. The van der Waals surface area contributed by atoms with E-state index in [9.17, 15) is 0 Å². The Hall–Kier alpha value is -1.65. The molecule has 0 saturated carbocycles. The van der Waals surface area contributed by atoms with Gasteiger partial charge in [0.1, 0.15) is 12.1 Å². The predicted molar refractivity (Wildman–Crippen MR) is 47.2 cm³/mol. The van der Waals surface area contributed by atoms with E-state index in [0.717, 1.165) is 11.1 Å². The van der Waals surface area contributed by atoms with Crippen LogP contribution >= 0.6 is 0 Å². The molecule has 0 aliphatic heterocycles. The van der Waals surface area contributed by atoms with Crippen LogP contribution in [0.1, 0.15) is 12.5 Å². The van der Waals surface area contributed by atoms with Gasteiger partial charge < -0.3 is 4.84 Å². The Kier molecular flexibility index (Phi) is 1.84. The summed E-state index contributed by atoms with van der Waals surface area (Å²) in [5, 5.41) is 7.66. The number of hydrogen-bond acceptors (Lipinski definition) is 4. The second-order valence-corrected chi connectivity index (χ2v) is 2.74. The van der Waals surface area contributed by atoms with Crippen molar-refractivity contribution in [1.82, 2.24) is 20.1 Å². The molecule has 2 heterocycles. The molecule has 2 aromatic rings. The van der Waals surface area contributed by atoms with Gasteiger partial charge >= 0.3 is 0 Å². The molecule has 0 radical (unpaired) electrons. The third kappa shape index (κ3) is 1.32. The van der Waals surface area contributed by atoms with Gasteiger partial charge in [-0.05, 0) is 30.7 Å². The Labute approximate surface area is 75.3 Å². The molecule has 5 nitrogen and oxygen atoms in total. The van der Waals surface area contributed by atoms with E-state index in [2.05, 4.69) is 15.3 Å². The highest BCUT2D eigenvalue weighted by molar-refractivity contribution is 5.69. The van der Waals surface area contributed by atoms with Crippen molar-refractivity contribution >= 4 is 11.2 Å². The summed E-state index contributed by atoms with van der Waals surface area (Å²) in [5.74, 6) is 0. The van der Waals surface area contributed by atoms with Crippen molar-refractivity contribution in [3.63, 3.8) is 0 Å². The first kappa shape index (κ1) is 7.97. The molecule has 0 aromatic carbocycles. The third-order valence-electron chi connectivity index (χ3n) is 1.66. The predicted octanol–water partition coefficient (Wildman–Crippen LogP) is 0.583. The van der Waals surface area contributed by atoms with Crippen LogP contribution in [0.3, 0.4) is 0 Å². The molecule has 0 N–H and O–H groups in total. The van der Waals surface area contributed by atoms with Crippen molar-refractivity contribution in [3.05, 3.63) is 17.8 Å². The first-order chi connectivity index (χ1) is 6.31. The number of fused-ring (bicyclic) bond motifs is 1. The third-order valence-corrected chi connectivity index (χ3v) is 1.66. The smallest absolute Gasteiger partial charge is 0.205 e. The van der Waals surface area contributed by atoms with Crippen molar-refractivity contribution in [2.24, 2.45) is 0 Å². The van der Waals surface area contributed by atoms with Crippen LogP contribution in [0.4, 0.5) is 0 Å². The van der Waals surface area contributed by atoms with Gasteiger partial charge in [0, 0.05) is 6.20 Å².